The van der Waals surface area contributed by atoms with Crippen molar-refractivity contribution < 1.29 is 5.11 Å². The van der Waals surface area contributed by atoms with Crippen molar-refractivity contribution in [2.24, 2.45) is 5.73 Å². The van der Waals surface area contributed by atoms with Gasteiger partial charge in [0.15, 0.2) is 0 Å². The number of nitrogens with zero attached hydrogens (tertiary/aromatic N) is 4. The van der Waals surface area contributed by atoms with E-state index in [0.29, 0.717) is 0 Å². The van der Waals surface area contributed by atoms with Gasteiger partial charge in [-0.3, -0.25) is 0 Å². The minimum Gasteiger partial charge on any atom is -0.390 e. The van der Waals surface area contributed by atoms with E-state index in [2.05, 4.69) is 10.1 Å². The molecule has 12 heavy (non-hydrogen) atoms. The molecular weight excluding hydrogens is 158 g/mol. The standard InChI is InChI=1S/C6H9N5O/c7-1-5(12)3-11-4-9-6(2-8)10-11/h4-5,12H,1,3,7H2/t5-/m1/s1. The molecule has 0 saturated heterocycles. The molecule has 6 heteroatoms. The molecule has 0 aliphatic heterocycles. The lowest BCUT2D eigenvalue weighted by Crippen LogP contribution is -2.25. The van der Waals surface area contributed by atoms with E-state index < -0.39 is 6.10 Å². The summed E-state index contributed by atoms with van der Waals surface area (Å²) in [4.78, 5) is 3.66. The van der Waals surface area contributed by atoms with Crippen LogP contribution in [0.2, 0.25) is 0 Å². The molecule has 1 rings (SSSR count). The smallest absolute Gasteiger partial charge is 0.252 e. The van der Waals surface area contributed by atoms with Crippen molar-refractivity contribution in [2.45, 2.75) is 12.6 Å². The number of rotatable bonds is 3. The molecule has 0 spiro atoms. The van der Waals surface area contributed by atoms with Crippen LogP contribution in [-0.4, -0.2) is 32.5 Å². The predicted octanol–water partition coefficient (Wildman–Crippen LogP) is -1.53. The molecule has 0 aromatic carbocycles. The largest absolute Gasteiger partial charge is 0.390 e. The highest BCUT2D eigenvalue weighted by Crippen LogP contribution is 1.90. The van der Waals surface area contributed by atoms with Gasteiger partial charge in [-0.05, 0) is 0 Å². The van der Waals surface area contributed by atoms with Crippen LogP contribution in [0.3, 0.4) is 0 Å². The van der Waals surface area contributed by atoms with E-state index in [0.717, 1.165) is 0 Å². The molecule has 0 unspecified atom stereocenters. The fourth-order valence-corrected chi connectivity index (χ4v) is 0.724. The molecule has 3 N–H and O–H groups in total. The molecular formula is C6H9N5O. The fraction of sp³-hybridized carbons (Fsp3) is 0.500. The lowest BCUT2D eigenvalue weighted by Gasteiger charge is -2.05. The van der Waals surface area contributed by atoms with E-state index in [1.807, 2.05) is 0 Å². The van der Waals surface area contributed by atoms with Gasteiger partial charge >= 0.3 is 0 Å². The summed E-state index contributed by atoms with van der Waals surface area (Å²) >= 11 is 0. The molecule has 0 saturated carbocycles. The average molecular weight is 167 g/mol. The Morgan fingerprint density at radius 2 is 2.58 bits per heavy atom. The minimum absolute atomic E-state index is 0.0965. The Morgan fingerprint density at radius 3 is 3.08 bits per heavy atom. The first kappa shape index (κ1) is 8.64. The Bertz CT molecular complexity index is 288. The van der Waals surface area contributed by atoms with E-state index in [9.17, 15) is 0 Å². The van der Waals surface area contributed by atoms with Gasteiger partial charge in [-0.1, -0.05) is 0 Å². The van der Waals surface area contributed by atoms with Gasteiger partial charge in [0, 0.05) is 6.54 Å². The van der Waals surface area contributed by atoms with Gasteiger partial charge in [-0.15, -0.1) is 5.10 Å². The molecule has 0 radical (unpaired) electrons. The third-order valence-corrected chi connectivity index (χ3v) is 1.31. The SMILES string of the molecule is N#Cc1ncn(C[C@H](O)CN)n1. The molecule has 0 bridgehead atoms. The number of hydrogen-bond acceptors (Lipinski definition) is 5. The second-order valence-electron chi connectivity index (χ2n) is 2.29. The van der Waals surface area contributed by atoms with E-state index in [-0.39, 0.29) is 18.9 Å². The van der Waals surface area contributed by atoms with Crippen molar-refractivity contribution in [3.63, 3.8) is 0 Å². The van der Waals surface area contributed by atoms with E-state index in [1.54, 1.807) is 6.07 Å². The van der Waals surface area contributed by atoms with Crippen molar-refractivity contribution in [1.82, 2.24) is 14.8 Å². The van der Waals surface area contributed by atoms with Gasteiger partial charge < -0.3 is 10.8 Å². The van der Waals surface area contributed by atoms with Crippen molar-refractivity contribution in [3.8, 4) is 6.07 Å². The topological polar surface area (TPSA) is 101 Å². The molecule has 0 fully saturated rings. The molecule has 6 nitrogen and oxygen atoms in total. The third kappa shape index (κ3) is 2.02. The average Bonchev–Trinajstić information content (AvgIpc) is 2.52. The molecule has 0 aliphatic rings. The third-order valence-electron chi connectivity index (χ3n) is 1.31. The van der Waals surface area contributed by atoms with Gasteiger partial charge in [-0.2, -0.15) is 5.26 Å². The number of aliphatic hydroxyl groups excluding tert-OH is 1. The highest BCUT2D eigenvalue weighted by molar-refractivity contribution is 5.05. The van der Waals surface area contributed by atoms with Crippen LogP contribution in [0.1, 0.15) is 5.82 Å². The summed E-state index contributed by atoms with van der Waals surface area (Å²) in [6.07, 6.45) is 0.746. The molecule has 64 valence electrons. The number of nitrogens with two attached hydrogens (primary N) is 1. The van der Waals surface area contributed by atoms with Crippen LogP contribution >= 0.6 is 0 Å². The maximum Gasteiger partial charge on any atom is 0.252 e. The van der Waals surface area contributed by atoms with Crippen LogP contribution in [0, 0.1) is 11.3 Å². The first-order valence-electron chi connectivity index (χ1n) is 3.44. The monoisotopic (exact) mass is 167 g/mol. The van der Waals surface area contributed by atoms with Gasteiger partial charge in [-0.25, -0.2) is 9.67 Å². The molecule has 1 aromatic heterocycles. The summed E-state index contributed by atoms with van der Waals surface area (Å²) in [6, 6.07) is 1.78. The first-order chi connectivity index (χ1) is 5.76. The minimum atomic E-state index is -0.641. The normalized spacial score (nSPS) is 12.4. The highest BCUT2D eigenvalue weighted by atomic mass is 16.3. The maximum atomic E-state index is 9.10. The second kappa shape index (κ2) is 3.80. The zero-order valence-electron chi connectivity index (χ0n) is 6.38. The van der Waals surface area contributed by atoms with Crippen molar-refractivity contribution in [1.29, 1.82) is 5.26 Å². The van der Waals surface area contributed by atoms with Gasteiger partial charge in [0.2, 0.25) is 0 Å². The van der Waals surface area contributed by atoms with Crippen LogP contribution in [0.5, 0.6) is 0 Å². The number of nitriles is 1. The van der Waals surface area contributed by atoms with Gasteiger partial charge in [0.05, 0.1) is 12.6 Å². The number of hydrogen-bond donors (Lipinski definition) is 2. The Kier molecular flexibility index (Phi) is 2.74. The second-order valence-corrected chi connectivity index (χ2v) is 2.29. The van der Waals surface area contributed by atoms with Crippen LogP contribution in [-0.2, 0) is 6.54 Å². The Hall–Kier alpha value is -1.45. The summed E-state index contributed by atoms with van der Waals surface area (Å²) < 4.78 is 1.38. The van der Waals surface area contributed by atoms with Gasteiger partial charge in [0.25, 0.3) is 5.82 Å². The quantitative estimate of drug-likeness (QED) is 0.568. The maximum absolute atomic E-state index is 9.10. The lowest BCUT2D eigenvalue weighted by atomic mass is 10.4. The number of aliphatic hydroxyl groups is 1. The van der Waals surface area contributed by atoms with Gasteiger partial charge in [0.1, 0.15) is 12.4 Å². The Balaban J connectivity index is 2.59. The predicted molar refractivity (Wildman–Crippen MR) is 39.8 cm³/mol. The summed E-state index contributed by atoms with van der Waals surface area (Å²) in [5.41, 5.74) is 5.18. The Morgan fingerprint density at radius 1 is 1.83 bits per heavy atom. The number of aromatic nitrogens is 3. The van der Waals surface area contributed by atoms with Crippen LogP contribution in [0.15, 0.2) is 6.33 Å². The van der Waals surface area contributed by atoms with Crippen LogP contribution in [0.25, 0.3) is 0 Å². The molecule has 1 aromatic rings. The van der Waals surface area contributed by atoms with Crippen molar-refractivity contribution in [3.05, 3.63) is 12.2 Å². The van der Waals surface area contributed by atoms with E-state index >= 15 is 0 Å². The van der Waals surface area contributed by atoms with Crippen LogP contribution in [0.4, 0.5) is 0 Å². The van der Waals surface area contributed by atoms with E-state index in [4.69, 9.17) is 16.1 Å². The zero-order valence-corrected chi connectivity index (χ0v) is 6.38. The summed E-state index contributed by atoms with van der Waals surface area (Å²) in [5.74, 6) is 0.0965. The van der Waals surface area contributed by atoms with Crippen molar-refractivity contribution >= 4 is 0 Å². The first-order valence-corrected chi connectivity index (χ1v) is 3.44. The van der Waals surface area contributed by atoms with E-state index in [1.165, 1.54) is 11.0 Å². The van der Waals surface area contributed by atoms with Crippen molar-refractivity contribution in [2.75, 3.05) is 6.54 Å². The molecule has 1 atom stereocenters. The molecule has 0 aliphatic carbocycles. The molecule has 0 amide bonds. The summed E-state index contributed by atoms with van der Waals surface area (Å²) in [5, 5.41) is 21.2. The highest BCUT2D eigenvalue weighted by Gasteiger charge is 2.04. The lowest BCUT2D eigenvalue weighted by molar-refractivity contribution is 0.157. The fourth-order valence-electron chi connectivity index (χ4n) is 0.724. The van der Waals surface area contributed by atoms with Crippen LogP contribution < -0.4 is 5.73 Å². The Labute approximate surface area is 69.2 Å². The zero-order chi connectivity index (χ0) is 8.97. The molecule has 1 heterocycles. The summed E-state index contributed by atoms with van der Waals surface area (Å²) in [7, 11) is 0. The summed E-state index contributed by atoms with van der Waals surface area (Å²) in [6.45, 7) is 0.437.